The molecule has 3 heterocycles. The number of carbonyl (C=O) groups is 1. The molecular formula is C19H19ClN4O4S. The Bertz CT molecular complexity index is 1130. The zero-order chi connectivity index (χ0) is 20.6. The number of halogens is 1. The van der Waals surface area contributed by atoms with Gasteiger partial charge in [0.1, 0.15) is 11.5 Å². The zero-order valence-electron chi connectivity index (χ0n) is 15.6. The summed E-state index contributed by atoms with van der Waals surface area (Å²) in [4.78, 5) is 14.5. The number of aromatic nitrogens is 2. The van der Waals surface area contributed by atoms with E-state index in [-0.39, 0.29) is 42.7 Å². The number of hydrogen-bond donors (Lipinski definition) is 1. The normalized spacial score (nSPS) is 15.6. The highest BCUT2D eigenvalue weighted by Crippen LogP contribution is 2.22. The summed E-state index contributed by atoms with van der Waals surface area (Å²) in [6.45, 7) is 2.83. The van der Waals surface area contributed by atoms with Gasteiger partial charge in [0.05, 0.1) is 4.90 Å². The van der Waals surface area contributed by atoms with E-state index >= 15 is 0 Å². The molecule has 2 aromatic heterocycles. The number of rotatable bonds is 4. The molecule has 1 saturated heterocycles. The van der Waals surface area contributed by atoms with Crippen molar-refractivity contribution in [3.05, 3.63) is 58.9 Å². The number of nitrogens with zero attached hydrogens (tertiary/aromatic N) is 3. The maximum absolute atomic E-state index is 12.8. The molecule has 0 bridgehead atoms. The molecule has 0 spiro atoms. The van der Waals surface area contributed by atoms with Gasteiger partial charge in [-0.1, -0.05) is 11.6 Å². The Morgan fingerprint density at radius 3 is 2.41 bits per heavy atom. The highest BCUT2D eigenvalue weighted by Gasteiger charge is 2.31. The van der Waals surface area contributed by atoms with Gasteiger partial charge < -0.3 is 9.32 Å². The van der Waals surface area contributed by atoms with Crippen LogP contribution in [0.15, 0.2) is 51.8 Å². The Balaban J connectivity index is 1.42. The summed E-state index contributed by atoms with van der Waals surface area (Å²) >= 11 is 5.83. The van der Waals surface area contributed by atoms with Gasteiger partial charge in [0, 0.05) is 37.3 Å². The van der Waals surface area contributed by atoms with Gasteiger partial charge in [-0.25, -0.2) is 8.42 Å². The number of furan rings is 1. The SMILES string of the molecule is Cc1ccc(-c2cc(C(=O)N3CCN(S(=O)(=O)c4ccc(Cl)cc4)CC3)n[nH]2)o1. The number of carbonyl (C=O) groups excluding carboxylic acids is 1. The van der Waals surface area contributed by atoms with Crippen molar-refractivity contribution in [1.29, 1.82) is 0 Å². The second kappa shape index (κ2) is 7.66. The second-order valence-electron chi connectivity index (χ2n) is 6.73. The van der Waals surface area contributed by atoms with Crippen molar-refractivity contribution in [1.82, 2.24) is 19.4 Å². The predicted molar refractivity (Wildman–Crippen MR) is 107 cm³/mol. The van der Waals surface area contributed by atoms with Gasteiger partial charge in [-0.15, -0.1) is 0 Å². The molecule has 3 aromatic rings. The standard InChI is InChI=1S/C19H19ClN4O4S/c1-13-2-7-18(28-13)16-12-17(22-21-16)19(25)23-8-10-24(11-9-23)29(26,27)15-5-3-14(20)4-6-15/h2-7,12H,8-11H2,1H3,(H,21,22). The minimum absolute atomic E-state index is 0.187. The molecule has 1 fully saturated rings. The number of nitrogens with one attached hydrogen (secondary N) is 1. The molecule has 0 atom stereocenters. The van der Waals surface area contributed by atoms with E-state index in [4.69, 9.17) is 16.0 Å². The van der Waals surface area contributed by atoms with E-state index in [2.05, 4.69) is 10.2 Å². The Hall–Kier alpha value is -2.62. The van der Waals surface area contributed by atoms with Crippen LogP contribution in [0.1, 0.15) is 16.2 Å². The molecule has 8 nitrogen and oxygen atoms in total. The van der Waals surface area contributed by atoms with Gasteiger partial charge in [0.15, 0.2) is 11.5 Å². The maximum Gasteiger partial charge on any atom is 0.274 e. The van der Waals surface area contributed by atoms with Gasteiger partial charge in [-0.05, 0) is 43.3 Å². The summed E-state index contributed by atoms with van der Waals surface area (Å²) < 4.78 is 32.4. The number of hydrogen-bond acceptors (Lipinski definition) is 5. The molecule has 0 saturated carbocycles. The first-order valence-electron chi connectivity index (χ1n) is 9.02. The van der Waals surface area contributed by atoms with Crippen molar-refractivity contribution in [2.24, 2.45) is 0 Å². The molecular weight excluding hydrogens is 416 g/mol. The first-order valence-corrected chi connectivity index (χ1v) is 10.8. The Morgan fingerprint density at radius 1 is 1.10 bits per heavy atom. The number of amides is 1. The second-order valence-corrected chi connectivity index (χ2v) is 9.10. The summed E-state index contributed by atoms with van der Waals surface area (Å²) in [5.41, 5.74) is 0.883. The van der Waals surface area contributed by atoms with Crippen LogP contribution in [0.3, 0.4) is 0 Å². The first kappa shape index (κ1) is 19.7. The zero-order valence-corrected chi connectivity index (χ0v) is 17.2. The van der Waals surface area contributed by atoms with Gasteiger partial charge in [0.25, 0.3) is 5.91 Å². The lowest BCUT2D eigenvalue weighted by Gasteiger charge is -2.33. The van der Waals surface area contributed by atoms with E-state index < -0.39 is 10.0 Å². The minimum Gasteiger partial charge on any atom is -0.460 e. The molecule has 0 unspecified atom stereocenters. The van der Waals surface area contributed by atoms with Gasteiger partial charge >= 0.3 is 0 Å². The topological polar surface area (TPSA) is 99.5 Å². The number of H-pyrrole nitrogens is 1. The van der Waals surface area contributed by atoms with E-state index in [1.54, 1.807) is 29.2 Å². The molecule has 10 heteroatoms. The van der Waals surface area contributed by atoms with Gasteiger partial charge in [-0.2, -0.15) is 9.40 Å². The van der Waals surface area contributed by atoms with Crippen molar-refractivity contribution in [3.63, 3.8) is 0 Å². The van der Waals surface area contributed by atoms with Crippen molar-refractivity contribution in [3.8, 4) is 11.5 Å². The highest BCUT2D eigenvalue weighted by molar-refractivity contribution is 7.89. The van der Waals surface area contributed by atoms with Crippen molar-refractivity contribution < 1.29 is 17.6 Å². The summed E-state index contributed by atoms with van der Waals surface area (Å²) in [7, 11) is -3.62. The third-order valence-electron chi connectivity index (χ3n) is 4.78. The number of aromatic amines is 1. The maximum atomic E-state index is 12.8. The monoisotopic (exact) mass is 434 g/mol. The molecule has 1 N–H and O–H groups in total. The predicted octanol–water partition coefficient (Wildman–Crippen LogP) is 2.78. The van der Waals surface area contributed by atoms with E-state index in [1.807, 2.05) is 13.0 Å². The van der Waals surface area contributed by atoms with E-state index in [1.165, 1.54) is 16.4 Å². The quantitative estimate of drug-likeness (QED) is 0.680. The van der Waals surface area contributed by atoms with Crippen LogP contribution in [0.25, 0.3) is 11.5 Å². The summed E-state index contributed by atoms with van der Waals surface area (Å²) in [5, 5.41) is 7.36. The lowest BCUT2D eigenvalue weighted by atomic mass is 10.2. The van der Waals surface area contributed by atoms with Crippen LogP contribution in [-0.2, 0) is 10.0 Å². The van der Waals surface area contributed by atoms with Gasteiger partial charge in [-0.3, -0.25) is 9.89 Å². The molecule has 0 radical (unpaired) electrons. The van der Waals surface area contributed by atoms with Crippen molar-refractivity contribution >= 4 is 27.5 Å². The number of sulfonamides is 1. The largest absolute Gasteiger partial charge is 0.460 e. The van der Waals surface area contributed by atoms with Crippen LogP contribution in [0.5, 0.6) is 0 Å². The molecule has 1 amide bonds. The van der Waals surface area contributed by atoms with Gasteiger partial charge in [0.2, 0.25) is 10.0 Å². The van der Waals surface area contributed by atoms with E-state index in [9.17, 15) is 13.2 Å². The average Bonchev–Trinajstić information content (AvgIpc) is 3.37. The minimum atomic E-state index is -3.62. The lowest BCUT2D eigenvalue weighted by molar-refractivity contribution is 0.0692. The summed E-state index contributed by atoms with van der Waals surface area (Å²) in [6.07, 6.45) is 0. The van der Waals surface area contributed by atoms with Crippen LogP contribution in [-0.4, -0.2) is 59.9 Å². The lowest BCUT2D eigenvalue weighted by Crippen LogP contribution is -2.50. The Kier molecular flexibility index (Phi) is 5.20. The third kappa shape index (κ3) is 3.93. The van der Waals surface area contributed by atoms with Crippen LogP contribution < -0.4 is 0 Å². The molecule has 29 heavy (non-hydrogen) atoms. The van der Waals surface area contributed by atoms with Crippen LogP contribution in [0.2, 0.25) is 5.02 Å². The summed E-state index contributed by atoms with van der Waals surface area (Å²) in [5.74, 6) is 1.12. The fourth-order valence-corrected chi connectivity index (χ4v) is 4.73. The third-order valence-corrected chi connectivity index (χ3v) is 6.94. The fraction of sp³-hybridized carbons (Fsp3) is 0.263. The molecule has 1 aliphatic rings. The highest BCUT2D eigenvalue weighted by atomic mass is 35.5. The Labute approximate surface area is 173 Å². The molecule has 152 valence electrons. The smallest absolute Gasteiger partial charge is 0.274 e. The van der Waals surface area contributed by atoms with Crippen LogP contribution in [0, 0.1) is 6.92 Å². The molecule has 4 rings (SSSR count). The van der Waals surface area contributed by atoms with Crippen molar-refractivity contribution in [2.45, 2.75) is 11.8 Å². The summed E-state index contributed by atoms with van der Waals surface area (Å²) in [6, 6.07) is 11.3. The van der Waals surface area contributed by atoms with E-state index in [0.29, 0.717) is 16.5 Å². The Morgan fingerprint density at radius 2 is 1.79 bits per heavy atom. The number of piperazine rings is 1. The molecule has 1 aromatic carbocycles. The number of aryl methyl sites for hydroxylation is 1. The fourth-order valence-electron chi connectivity index (χ4n) is 3.19. The molecule has 0 aliphatic carbocycles. The number of benzene rings is 1. The van der Waals surface area contributed by atoms with E-state index in [0.717, 1.165) is 5.76 Å². The molecule has 1 aliphatic heterocycles. The average molecular weight is 435 g/mol. The first-order chi connectivity index (χ1) is 13.8. The van der Waals surface area contributed by atoms with Crippen LogP contribution >= 0.6 is 11.6 Å². The van der Waals surface area contributed by atoms with Crippen molar-refractivity contribution in [2.75, 3.05) is 26.2 Å². The van der Waals surface area contributed by atoms with Crippen LogP contribution in [0.4, 0.5) is 0 Å².